The lowest BCUT2D eigenvalue weighted by molar-refractivity contribution is 0.102. The standard InChI is InChI=1S/C19H19N3O6S/c1-4-29(24,25)16-7-5-12(6-8-16)17(23)20-19-22-21-18(28-19)13-9-14(26-2)11-15(10-13)27-3/h5-11H,4H2,1-3H3,(H,20,22,23). The van der Waals surface area contributed by atoms with Crippen LogP contribution in [0.25, 0.3) is 11.5 Å². The molecule has 0 saturated heterocycles. The number of benzene rings is 2. The highest BCUT2D eigenvalue weighted by atomic mass is 32.2. The van der Waals surface area contributed by atoms with Gasteiger partial charge >= 0.3 is 6.01 Å². The molecule has 0 fully saturated rings. The van der Waals surface area contributed by atoms with Gasteiger partial charge in [0.15, 0.2) is 9.84 Å². The molecule has 0 bridgehead atoms. The molecule has 0 aliphatic carbocycles. The van der Waals surface area contributed by atoms with Gasteiger partial charge in [-0.25, -0.2) is 8.42 Å². The van der Waals surface area contributed by atoms with Crippen LogP contribution < -0.4 is 14.8 Å². The van der Waals surface area contributed by atoms with Gasteiger partial charge in [0.1, 0.15) is 11.5 Å². The second kappa shape index (κ2) is 8.31. The molecule has 1 heterocycles. The summed E-state index contributed by atoms with van der Waals surface area (Å²) in [7, 11) is -0.286. The van der Waals surface area contributed by atoms with Gasteiger partial charge in [-0.1, -0.05) is 12.0 Å². The fraction of sp³-hybridized carbons (Fsp3) is 0.211. The van der Waals surface area contributed by atoms with Crippen LogP contribution in [0.5, 0.6) is 11.5 Å². The Labute approximate surface area is 167 Å². The van der Waals surface area contributed by atoms with Crippen LogP contribution in [0, 0.1) is 0 Å². The molecule has 0 atom stereocenters. The Hall–Kier alpha value is -3.40. The number of sulfone groups is 1. The van der Waals surface area contributed by atoms with E-state index in [-0.39, 0.29) is 28.1 Å². The Balaban J connectivity index is 1.77. The van der Waals surface area contributed by atoms with Crippen molar-refractivity contribution >= 4 is 21.8 Å². The minimum absolute atomic E-state index is 0.0155. The number of amides is 1. The Morgan fingerprint density at radius 3 is 2.21 bits per heavy atom. The Bertz CT molecular complexity index is 1100. The van der Waals surface area contributed by atoms with E-state index in [4.69, 9.17) is 13.9 Å². The maximum absolute atomic E-state index is 12.4. The van der Waals surface area contributed by atoms with Gasteiger partial charge in [0.2, 0.25) is 5.89 Å². The number of anilines is 1. The lowest BCUT2D eigenvalue weighted by atomic mass is 10.2. The zero-order valence-electron chi connectivity index (χ0n) is 16.0. The highest BCUT2D eigenvalue weighted by Crippen LogP contribution is 2.29. The van der Waals surface area contributed by atoms with Gasteiger partial charge in [-0.15, -0.1) is 5.10 Å². The highest BCUT2D eigenvalue weighted by molar-refractivity contribution is 7.91. The van der Waals surface area contributed by atoms with Crippen LogP contribution in [0.15, 0.2) is 51.8 Å². The second-order valence-electron chi connectivity index (χ2n) is 5.90. The van der Waals surface area contributed by atoms with Crippen molar-refractivity contribution in [3.63, 3.8) is 0 Å². The summed E-state index contributed by atoms with van der Waals surface area (Å²) in [6.45, 7) is 1.56. The first kappa shape index (κ1) is 20.3. The molecule has 0 aliphatic heterocycles. The van der Waals surface area contributed by atoms with Crippen molar-refractivity contribution in [3.8, 4) is 23.0 Å². The van der Waals surface area contributed by atoms with Crippen LogP contribution in [-0.4, -0.2) is 44.5 Å². The maximum Gasteiger partial charge on any atom is 0.322 e. The third kappa shape index (κ3) is 4.54. The molecule has 29 heavy (non-hydrogen) atoms. The monoisotopic (exact) mass is 417 g/mol. The third-order valence-corrected chi connectivity index (χ3v) is 5.85. The molecule has 10 heteroatoms. The van der Waals surface area contributed by atoms with E-state index in [2.05, 4.69) is 15.5 Å². The number of carbonyl (C=O) groups excluding carboxylic acids is 1. The van der Waals surface area contributed by atoms with Gasteiger partial charge in [0.05, 0.1) is 24.9 Å². The van der Waals surface area contributed by atoms with Crippen molar-refractivity contribution in [2.75, 3.05) is 25.3 Å². The molecule has 1 N–H and O–H groups in total. The van der Waals surface area contributed by atoms with Crippen molar-refractivity contribution in [1.29, 1.82) is 0 Å². The van der Waals surface area contributed by atoms with Gasteiger partial charge in [0, 0.05) is 17.2 Å². The average molecular weight is 417 g/mol. The largest absolute Gasteiger partial charge is 0.497 e. The zero-order valence-corrected chi connectivity index (χ0v) is 16.8. The Kier molecular flexibility index (Phi) is 5.83. The molecule has 1 aromatic heterocycles. The summed E-state index contributed by atoms with van der Waals surface area (Å²) < 4.78 is 39.6. The van der Waals surface area contributed by atoms with Crippen LogP contribution >= 0.6 is 0 Å². The fourth-order valence-electron chi connectivity index (χ4n) is 2.47. The van der Waals surface area contributed by atoms with E-state index in [1.165, 1.54) is 38.5 Å². The molecule has 9 nitrogen and oxygen atoms in total. The van der Waals surface area contributed by atoms with Crippen LogP contribution in [0.2, 0.25) is 0 Å². The molecule has 152 valence electrons. The number of hydrogen-bond donors (Lipinski definition) is 1. The van der Waals surface area contributed by atoms with Crippen LogP contribution in [0.3, 0.4) is 0 Å². The summed E-state index contributed by atoms with van der Waals surface area (Å²) in [4.78, 5) is 12.5. The van der Waals surface area contributed by atoms with Gasteiger partial charge in [-0.3, -0.25) is 10.1 Å². The topological polar surface area (TPSA) is 121 Å². The first-order chi connectivity index (χ1) is 13.9. The summed E-state index contributed by atoms with van der Waals surface area (Å²) in [5.41, 5.74) is 0.811. The summed E-state index contributed by atoms with van der Waals surface area (Å²) in [5.74, 6) is 0.736. The number of nitrogens with one attached hydrogen (secondary N) is 1. The van der Waals surface area contributed by atoms with Gasteiger partial charge in [0.25, 0.3) is 5.91 Å². The Morgan fingerprint density at radius 2 is 1.66 bits per heavy atom. The number of rotatable bonds is 7. The van der Waals surface area contributed by atoms with Crippen molar-refractivity contribution < 1.29 is 27.1 Å². The predicted octanol–water partition coefficient (Wildman–Crippen LogP) is 2.80. The van der Waals surface area contributed by atoms with Crippen LogP contribution in [0.4, 0.5) is 6.01 Å². The number of aromatic nitrogens is 2. The number of ether oxygens (including phenoxy) is 2. The van der Waals surface area contributed by atoms with E-state index < -0.39 is 15.7 Å². The number of methoxy groups -OCH3 is 2. The molecule has 0 unspecified atom stereocenters. The minimum atomic E-state index is -3.33. The van der Waals surface area contributed by atoms with E-state index in [1.807, 2.05) is 0 Å². The molecule has 3 aromatic rings. The first-order valence-corrected chi connectivity index (χ1v) is 10.2. The van der Waals surface area contributed by atoms with E-state index in [1.54, 1.807) is 25.1 Å². The molecule has 1 amide bonds. The van der Waals surface area contributed by atoms with Gasteiger partial charge < -0.3 is 13.9 Å². The molecular weight excluding hydrogens is 398 g/mol. The smallest absolute Gasteiger partial charge is 0.322 e. The Morgan fingerprint density at radius 1 is 1.03 bits per heavy atom. The molecule has 0 saturated carbocycles. The lowest BCUT2D eigenvalue weighted by Gasteiger charge is -2.06. The highest BCUT2D eigenvalue weighted by Gasteiger charge is 2.16. The SMILES string of the molecule is CCS(=O)(=O)c1ccc(C(=O)Nc2nnc(-c3cc(OC)cc(OC)c3)o2)cc1. The summed E-state index contributed by atoms with van der Waals surface area (Å²) in [5, 5.41) is 10.2. The third-order valence-electron chi connectivity index (χ3n) is 4.10. The maximum atomic E-state index is 12.4. The molecule has 3 rings (SSSR count). The van der Waals surface area contributed by atoms with Crippen LogP contribution in [0.1, 0.15) is 17.3 Å². The molecule has 2 aromatic carbocycles. The van der Waals surface area contributed by atoms with Crippen molar-refractivity contribution in [2.45, 2.75) is 11.8 Å². The minimum Gasteiger partial charge on any atom is -0.497 e. The van der Waals surface area contributed by atoms with Crippen molar-refractivity contribution in [1.82, 2.24) is 10.2 Å². The first-order valence-electron chi connectivity index (χ1n) is 8.57. The summed E-state index contributed by atoms with van der Waals surface area (Å²) in [6.07, 6.45) is 0. The van der Waals surface area contributed by atoms with Crippen molar-refractivity contribution in [3.05, 3.63) is 48.0 Å². The molecule has 0 spiro atoms. The molecule has 0 radical (unpaired) electrons. The fourth-order valence-corrected chi connectivity index (χ4v) is 3.36. The zero-order chi connectivity index (χ0) is 21.0. The van der Waals surface area contributed by atoms with Crippen LogP contribution in [-0.2, 0) is 9.84 Å². The molecule has 0 aliphatic rings. The normalized spacial score (nSPS) is 11.1. The summed E-state index contributed by atoms with van der Waals surface area (Å²) >= 11 is 0. The number of hydrogen-bond acceptors (Lipinski definition) is 8. The number of carbonyl (C=O) groups is 1. The summed E-state index contributed by atoms with van der Waals surface area (Å²) in [6, 6.07) is 10.6. The van der Waals surface area contributed by atoms with Gasteiger partial charge in [-0.05, 0) is 36.4 Å². The van der Waals surface area contributed by atoms with Gasteiger partial charge in [-0.2, -0.15) is 0 Å². The average Bonchev–Trinajstić information content (AvgIpc) is 3.21. The van der Waals surface area contributed by atoms with E-state index in [0.717, 1.165) is 0 Å². The van der Waals surface area contributed by atoms with E-state index in [0.29, 0.717) is 17.1 Å². The van der Waals surface area contributed by atoms with E-state index >= 15 is 0 Å². The molecular formula is C19H19N3O6S. The van der Waals surface area contributed by atoms with Crippen molar-refractivity contribution in [2.24, 2.45) is 0 Å². The number of nitrogens with zero attached hydrogens (tertiary/aromatic N) is 2. The lowest BCUT2D eigenvalue weighted by Crippen LogP contribution is -2.12. The predicted molar refractivity (Wildman–Crippen MR) is 105 cm³/mol. The van der Waals surface area contributed by atoms with E-state index in [9.17, 15) is 13.2 Å². The second-order valence-corrected chi connectivity index (χ2v) is 8.17. The quantitative estimate of drug-likeness (QED) is 0.623.